The Bertz CT molecular complexity index is 778. The van der Waals surface area contributed by atoms with Crippen molar-refractivity contribution in [1.82, 2.24) is 0 Å². The average Bonchev–Trinajstić information content (AvgIpc) is 3.29. The third kappa shape index (κ3) is 6.76. The fraction of sp³-hybridized carbons (Fsp3) is 0.593. The van der Waals surface area contributed by atoms with Gasteiger partial charge in [0.15, 0.2) is 0 Å². The summed E-state index contributed by atoms with van der Waals surface area (Å²) in [6, 6.07) is 8.25. The summed E-state index contributed by atoms with van der Waals surface area (Å²) >= 11 is 0. The predicted octanol–water partition coefficient (Wildman–Crippen LogP) is 4.72. The Hall–Kier alpha value is -1.98. The quantitative estimate of drug-likeness (QED) is 0.311. The van der Waals surface area contributed by atoms with Crippen molar-refractivity contribution in [3.05, 3.63) is 59.7 Å². The molecule has 3 rings (SSSR count). The second-order valence-electron chi connectivity index (χ2n) is 9.51. The number of carbonyl (C=O) groups is 1. The molecule has 2 aliphatic carbocycles. The molecule has 32 heavy (non-hydrogen) atoms. The van der Waals surface area contributed by atoms with Crippen molar-refractivity contribution in [2.75, 3.05) is 0 Å². The van der Waals surface area contributed by atoms with Crippen molar-refractivity contribution in [1.29, 1.82) is 0 Å². The highest BCUT2D eigenvalue weighted by Crippen LogP contribution is 2.38. The smallest absolute Gasteiger partial charge is 0.306 e. The molecule has 4 nitrogen and oxygen atoms in total. The normalized spacial score (nSPS) is 26.9. The molecule has 0 radical (unpaired) electrons. The number of carbonyl (C=O) groups excluding carboxylic acids is 1. The van der Waals surface area contributed by atoms with E-state index in [1.54, 1.807) is 12.2 Å². The van der Waals surface area contributed by atoms with Gasteiger partial charge >= 0.3 is 5.97 Å². The van der Waals surface area contributed by atoms with Crippen molar-refractivity contribution in [2.24, 2.45) is 17.8 Å². The monoisotopic (exact) mass is 444 g/mol. The zero-order valence-electron chi connectivity index (χ0n) is 19.2. The number of hydrogen-bond acceptors (Lipinski definition) is 4. The Morgan fingerprint density at radius 3 is 2.56 bits per heavy atom. The molecule has 0 amide bonds. The van der Waals surface area contributed by atoms with Crippen molar-refractivity contribution in [3.63, 3.8) is 0 Å². The summed E-state index contributed by atoms with van der Waals surface area (Å²) in [5.74, 6) is -0.659. The highest BCUT2D eigenvalue weighted by molar-refractivity contribution is 5.69. The molecule has 176 valence electrons. The van der Waals surface area contributed by atoms with E-state index in [1.807, 2.05) is 38.1 Å². The molecular formula is C27H37FO4. The van der Waals surface area contributed by atoms with Gasteiger partial charge in [0, 0.05) is 18.8 Å². The van der Waals surface area contributed by atoms with Crippen LogP contribution in [0.5, 0.6) is 0 Å². The summed E-state index contributed by atoms with van der Waals surface area (Å²) < 4.78 is 19.7. The minimum atomic E-state index is -1.10. The van der Waals surface area contributed by atoms with E-state index in [0.717, 1.165) is 19.3 Å². The molecule has 0 aliphatic heterocycles. The first-order valence-electron chi connectivity index (χ1n) is 11.9. The second kappa shape index (κ2) is 11.8. The zero-order valence-corrected chi connectivity index (χ0v) is 19.2. The number of alkyl halides is 1. The number of rotatable bonds is 10. The summed E-state index contributed by atoms with van der Waals surface area (Å²) in [5, 5.41) is 21.0. The van der Waals surface area contributed by atoms with Crippen LogP contribution in [0.1, 0.15) is 57.1 Å². The van der Waals surface area contributed by atoms with Crippen LogP contribution in [0, 0.1) is 17.8 Å². The van der Waals surface area contributed by atoms with Gasteiger partial charge < -0.3 is 14.9 Å². The molecule has 5 heteroatoms. The number of hydrogen-bond donors (Lipinski definition) is 2. The lowest BCUT2D eigenvalue weighted by Crippen LogP contribution is -2.21. The van der Waals surface area contributed by atoms with Gasteiger partial charge in [-0.3, -0.25) is 4.79 Å². The SMILES string of the molecule is CC(C)OC(=O)CCC/C=C\CC1C(/C=C/[C@H](O)C2Cc3ccccc3C2)C(F)C[C@@H]1O. The minimum absolute atomic E-state index is 0.0944. The largest absolute Gasteiger partial charge is 0.463 e. The van der Waals surface area contributed by atoms with Crippen LogP contribution in [0.25, 0.3) is 0 Å². The Kier molecular flexibility index (Phi) is 9.06. The zero-order chi connectivity index (χ0) is 23.1. The molecule has 3 unspecified atom stereocenters. The van der Waals surface area contributed by atoms with Crippen molar-refractivity contribution < 1.29 is 24.1 Å². The summed E-state index contributed by atoms with van der Waals surface area (Å²) in [7, 11) is 0. The number of allylic oxidation sites excluding steroid dienone is 3. The maximum Gasteiger partial charge on any atom is 0.306 e. The van der Waals surface area contributed by atoms with Gasteiger partial charge in [0.2, 0.25) is 0 Å². The molecule has 1 saturated carbocycles. The van der Waals surface area contributed by atoms with Gasteiger partial charge in [-0.25, -0.2) is 4.39 Å². The van der Waals surface area contributed by atoms with Crippen LogP contribution in [0.15, 0.2) is 48.6 Å². The molecule has 0 heterocycles. The van der Waals surface area contributed by atoms with Gasteiger partial charge in [-0.05, 0) is 68.9 Å². The van der Waals surface area contributed by atoms with E-state index < -0.39 is 24.3 Å². The Labute approximate surface area is 191 Å². The number of halogens is 1. The molecule has 1 aromatic carbocycles. The van der Waals surface area contributed by atoms with Crippen LogP contribution in [0.3, 0.4) is 0 Å². The first-order chi connectivity index (χ1) is 15.3. The molecule has 0 saturated heterocycles. The number of unbranched alkanes of at least 4 members (excludes halogenated alkanes) is 1. The second-order valence-corrected chi connectivity index (χ2v) is 9.51. The summed E-state index contributed by atoms with van der Waals surface area (Å²) in [4.78, 5) is 11.6. The molecule has 1 fully saturated rings. The van der Waals surface area contributed by atoms with Crippen LogP contribution in [-0.4, -0.2) is 40.7 Å². The number of aliphatic hydroxyl groups excluding tert-OH is 2. The van der Waals surface area contributed by atoms with Gasteiger partial charge in [-0.2, -0.15) is 0 Å². The van der Waals surface area contributed by atoms with E-state index in [2.05, 4.69) is 12.1 Å². The topological polar surface area (TPSA) is 66.8 Å². The molecule has 5 atom stereocenters. The lowest BCUT2D eigenvalue weighted by Gasteiger charge is -2.20. The third-order valence-electron chi connectivity index (χ3n) is 6.66. The fourth-order valence-electron chi connectivity index (χ4n) is 4.96. The van der Waals surface area contributed by atoms with Crippen LogP contribution in [0.2, 0.25) is 0 Å². The van der Waals surface area contributed by atoms with E-state index in [4.69, 9.17) is 4.74 Å². The van der Waals surface area contributed by atoms with Crippen molar-refractivity contribution in [2.45, 2.75) is 83.3 Å². The van der Waals surface area contributed by atoms with Gasteiger partial charge in [0.05, 0.1) is 18.3 Å². The Balaban J connectivity index is 1.47. The fourth-order valence-corrected chi connectivity index (χ4v) is 4.96. The van der Waals surface area contributed by atoms with Gasteiger partial charge in [-0.1, -0.05) is 48.6 Å². The van der Waals surface area contributed by atoms with E-state index in [0.29, 0.717) is 19.3 Å². The number of fused-ring (bicyclic) bond motifs is 1. The molecular weight excluding hydrogens is 407 g/mol. The lowest BCUT2D eigenvalue weighted by atomic mass is 9.89. The van der Waals surface area contributed by atoms with E-state index >= 15 is 0 Å². The van der Waals surface area contributed by atoms with Crippen LogP contribution in [0.4, 0.5) is 4.39 Å². The number of benzene rings is 1. The lowest BCUT2D eigenvalue weighted by molar-refractivity contribution is -0.147. The maximum absolute atomic E-state index is 14.6. The number of ether oxygens (including phenoxy) is 1. The molecule has 2 aliphatic rings. The predicted molar refractivity (Wildman–Crippen MR) is 124 cm³/mol. The summed E-state index contributed by atoms with van der Waals surface area (Å²) in [5.41, 5.74) is 2.56. The summed E-state index contributed by atoms with van der Waals surface area (Å²) in [6.45, 7) is 3.67. The van der Waals surface area contributed by atoms with Crippen molar-refractivity contribution >= 4 is 5.97 Å². The van der Waals surface area contributed by atoms with Crippen LogP contribution in [-0.2, 0) is 22.4 Å². The van der Waals surface area contributed by atoms with E-state index in [1.165, 1.54) is 11.1 Å². The van der Waals surface area contributed by atoms with Gasteiger partial charge in [0.25, 0.3) is 0 Å². The van der Waals surface area contributed by atoms with Gasteiger partial charge in [-0.15, -0.1) is 0 Å². The van der Waals surface area contributed by atoms with Crippen LogP contribution < -0.4 is 0 Å². The molecule has 0 spiro atoms. The van der Waals surface area contributed by atoms with Gasteiger partial charge in [0.1, 0.15) is 6.17 Å². The molecule has 2 N–H and O–H groups in total. The molecule has 0 aromatic heterocycles. The molecule has 0 bridgehead atoms. The summed E-state index contributed by atoms with van der Waals surface area (Å²) in [6.07, 6.45) is 9.24. The van der Waals surface area contributed by atoms with Crippen molar-refractivity contribution in [3.8, 4) is 0 Å². The molecule has 1 aromatic rings. The average molecular weight is 445 g/mol. The Morgan fingerprint density at radius 2 is 1.91 bits per heavy atom. The number of esters is 1. The highest BCUT2D eigenvalue weighted by atomic mass is 19.1. The highest BCUT2D eigenvalue weighted by Gasteiger charge is 2.40. The number of aliphatic hydroxyl groups is 2. The Morgan fingerprint density at radius 1 is 1.22 bits per heavy atom. The van der Waals surface area contributed by atoms with E-state index in [-0.39, 0.29) is 30.3 Å². The first kappa shape index (κ1) is 24.7. The standard InChI is InChI=1S/C27H37FO4/c1-18(2)32-27(31)12-6-4-3-5-11-23-22(24(28)17-26(23)30)13-14-25(29)21-15-19-9-7-8-10-20(19)16-21/h3,5,7-10,13-14,18,21-26,29-30H,4,6,11-12,15-17H2,1-2H3/b5-3-,14-13+/t22?,23?,24?,25-,26-/m0/s1. The van der Waals surface area contributed by atoms with Crippen LogP contribution >= 0.6 is 0 Å². The van der Waals surface area contributed by atoms with E-state index in [9.17, 15) is 19.4 Å². The minimum Gasteiger partial charge on any atom is -0.463 e. The third-order valence-corrected chi connectivity index (χ3v) is 6.66. The first-order valence-corrected chi connectivity index (χ1v) is 11.9. The maximum atomic E-state index is 14.6.